The predicted molar refractivity (Wildman–Crippen MR) is 106 cm³/mol. The third kappa shape index (κ3) is 5.06. The average Bonchev–Trinajstić information content (AvgIpc) is 3.13. The number of carbonyl (C=O) groups is 1. The maximum absolute atomic E-state index is 12.5. The van der Waals surface area contributed by atoms with Gasteiger partial charge in [0.05, 0.1) is 11.5 Å². The van der Waals surface area contributed by atoms with Gasteiger partial charge in [0.2, 0.25) is 5.91 Å². The molecule has 0 saturated carbocycles. The van der Waals surface area contributed by atoms with Gasteiger partial charge in [0.1, 0.15) is 11.5 Å². The monoisotopic (exact) mass is 429 g/mol. The van der Waals surface area contributed by atoms with Crippen LogP contribution in [0.4, 0.5) is 0 Å². The summed E-state index contributed by atoms with van der Waals surface area (Å²) in [4.78, 5) is 14.2. The number of likely N-dealkylation sites (tertiary alicyclic amines) is 1. The molecule has 27 heavy (non-hydrogen) atoms. The molecule has 146 valence electrons. The predicted octanol–water partition coefficient (Wildman–Crippen LogP) is 4.13. The Labute approximate surface area is 169 Å². The Kier molecular flexibility index (Phi) is 6.50. The van der Waals surface area contributed by atoms with Crippen LogP contribution < -0.4 is 0 Å². The highest BCUT2D eigenvalue weighted by atomic mass is 35.5. The third-order valence-electron chi connectivity index (χ3n) is 4.88. The summed E-state index contributed by atoms with van der Waals surface area (Å²) in [5.41, 5.74) is 0.769. The van der Waals surface area contributed by atoms with Gasteiger partial charge in [-0.3, -0.25) is 4.79 Å². The lowest BCUT2D eigenvalue weighted by Gasteiger charge is -2.31. The van der Waals surface area contributed by atoms with Gasteiger partial charge in [0, 0.05) is 29.6 Å². The minimum absolute atomic E-state index is 0.00660. The zero-order valence-electron chi connectivity index (χ0n) is 14.7. The van der Waals surface area contributed by atoms with Crippen LogP contribution >= 0.6 is 23.2 Å². The molecule has 5 nitrogen and oxygen atoms in total. The highest BCUT2D eigenvalue weighted by Gasteiger charge is 2.32. The molecule has 0 radical (unpaired) electrons. The first-order valence-electron chi connectivity index (χ1n) is 8.81. The van der Waals surface area contributed by atoms with E-state index in [1.807, 2.05) is 0 Å². The number of sulfone groups is 1. The molecule has 8 heteroatoms. The fourth-order valence-corrected chi connectivity index (χ4v) is 5.65. The van der Waals surface area contributed by atoms with E-state index in [0.29, 0.717) is 54.6 Å². The Morgan fingerprint density at radius 3 is 2.37 bits per heavy atom. The molecule has 1 aromatic heterocycles. The number of hydrogen-bond donors (Lipinski definition) is 0. The molecule has 1 amide bonds. The second-order valence-electron chi connectivity index (χ2n) is 6.67. The van der Waals surface area contributed by atoms with Crippen molar-refractivity contribution in [1.29, 1.82) is 0 Å². The number of hydrogen-bond acceptors (Lipinski definition) is 4. The molecule has 1 aromatic carbocycles. The summed E-state index contributed by atoms with van der Waals surface area (Å²) in [6.07, 6.45) is 3.13. The van der Waals surface area contributed by atoms with Crippen LogP contribution in [-0.2, 0) is 26.8 Å². The van der Waals surface area contributed by atoms with Gasteiger partial charge in [-0.25, -0.2) is 8.42 Å². The van der Waals surface area contributed by atoms with Gasteiger partial charge in [-0.1, -0.05) is 29.3 Å². The molecular formula is C19H21Cl2NO4S. The largest absolute Gasteiger partial charge is 0.468 e. The van der Waals surface area contributed by atoms with Gasteiger partial charge in [-0.05, 0) is 49.1 Å². The van der Waals surface area contributed by atoms with Crippen molar-refractivity contribution < 1.29 is 17.6 Å². The summed E-state index contributed by atoms with van der Waals surface area (Å²) in [7, 11) is -3.29. The molecule has 1 fully saturated rings. The van der Waals surface area contributed by atoms with Gasteiger partial charge in [0.25, 0.3) is 0 Å². The lowest BCUT2D eigenvalue weighted by molar-refractivity contribution is -0.132. The molecule has 0 aliphatic carbocycles. The number of carbonyl (C=O) groups excluding carboxylic acids is 1. The quantitative estimate of drug-likeness (QED) is 0.692. The highest BCUT2D eigenvalue weighted by molar-refractivity contribution is 7.91. The van der Waals surface area contributed by atoms with Crippen molar-refractivity contribution in [2.75, 3.05) is 13.1 Å². The molecule has 3 rings (SSSR count). The Balaban J connectivity index is 1.52. The minimum Gasteiger partial charge on any atom is -0.468 e. The van der Waals surface area contributed by atoms with E-state index < -0.39 is 15.1 Å². The van der Waals surface area contributed by atoms with Crippen molar-refractivity contribution >= 4 is 38.9 Å². The van der Waals surface area contributed by atoms with Crippen LogP contribution in [-0.4, -0.2) is 37.6 Å². The van der Waals surface area contributed by atoms with Crippen molar-refractivity contribution in [1.82, 2.24) is 4.90 Å². The minimum atomic E-state index is -3.29. The lowest BCUT2D eigenvalue weighted by atomic mass is 10.1. The summed E-state index contributed by atoms with van der Waals surface area (Å²) >= 11 is 12.3. The van der Waals surface area contributed by atoms with Gasteiger partial charge >= 0.3 is 0 Å². The Morgan fingerprint density at radius 1 is 1.11 bits per heavy atom. The van der Waals surface area contributed by atoms with E-state index in [9.17, 15) is 13.2 Å². The van der Waals surface area contributed by atoms with Gasteiger partial charge < -0.3 is 9.32 Å². The molecular weight excluding hydrogens is 409 g/mol. The van der Waals surface area contributed by atoms with Crippen LogP contribution in [0, 0.1) is 0 Å². The molecule has 0 spiro atoms. The standard InChI is InChI=1S/C19H21Cl2NO4S/c20-17-4-1-5-18(21)16(17)6-7-19(23)22-10-8-15(9-11-22)27(24,25)13-14-3-2-12-26-14/h1-5,12,15H,6-11,13H2. The lowest BCUT2D eigenvalue weighted by Crippen LogP contribution is -2.42. The van der Waals surface area contributed by atoms with E-state index in [-0.39, 0.29) is 11.7 Å². The van der Waals surface area contributed by atoms with Crippen LogP contribution in [0.1, 0.15) is 30.6 Å². The number of rotatable bonds is 6. The fourth-order valence-electron chi connectivity index (χ4n) is 3.34. The fraction of sp³-hybridized carbons (Fsp3) is 0.421. The van der Waals surface area contributed by atoms with Gasteiger partial charge in [-0.15, -0.1) is 0 Å². The molecule has 0 bridgehead atoms. The normalized spacial score (nSPS) is 15.9. The topological polar surface area (TPSA) is 67.6 Å². The number of furan rings is 1. The molecule has 0 N–H and O–H groups in total. The summed E-state index contributed by atoms with van der Waals surface area (Å²) in [6.45, 7) is 0.883. The number of piperidine rings is 1. The zero-order chi connectivity index (χ0) is 19.4. The molecule has 2 aromatic rings. The van der Waals surface area contributed by atoms with Crippen molar-refractivity contribution in [3.05, 3.63) is 58.0 Å². The van der Waals surface area contributed by atoms with Crippen molar-refractivity contribution in [2.24, 2.45) is 0 Å². The Bertz CT molecular complexity index is 868. The van der Waals surface area contributed by atoms with Crippen molar-refractivity contribution in [3.63, 3.8) is 0 Å². The van der Waals surface area contributed by atoms with Crippen LogP contribution in [0.25, 0.3) is 0 Å². The Hall–Kier alpha value is -1.50. The van der Waals surface area contributed by atoms with E-state index >= 15 is 0 Å². The Morgan fingerprint density at radius 2 is 1.78 bits per heavy atom. The molecule has 1 aliphatic rings. The second-order valence-corrected chi connectivity index (χ2v) is 9.76. The summed E-state index contributed by atoms with van der Waals surface area (Å²) in [6, 6.07) is 8.61. The first-order valence-corrected chi connectivity index (χ1v) is 11.3. The summed E-state index contributed by atoms with van der Waals surface area (Å²) in [5.74, 6) is 0.349. The van der Waals surface area contributed by atoms with Crippen molar-refractivity contribution in [3.8, 4) is 0 Å². The van der Waals surface area contributed by atoms with E-state index in [0.717, 1.165) is 5.56 Å². The van der Waals surface area contributed by atoms with Gasteiger partial charge in [0.15, 0.2) is 9.84 Å². The molecule has 1 aliphatic heterocycles. The third-order valence-corrected chi connectivity index (χ3v) is 7.76. The van der Waals surface area contributed by atoms with E-state index in [4.69, 9.17) is 27.6 Å². The average molecular weight is 430 g/mol. The maximum Gasteiger partial charge on any atom is 0.222 e. The van der Waals surface area contributed by atoms with Crippen molar-refractivity contribution in [2.45, 2.75) is 36.7 Å². The summed E-state index contributed by atoms with van der Waals surface area (Å²) < 4.78 is 30.2. The number of benzene rings is 1. The van der Waals surface area contributed by atoms with Crippen LogP contribution in [0.3, 0.4) is 0 Å². The first-order chi connectivity index (χ1) is 12.9. The van der Waals surface area contributed by atoms with Crippen LogP contribution in [0.2, 0.25) is 10.0 Å². The van der Waals surface area contributed by atoms with Crippen LogP contribution in [0.15, 0.2) is 41.0 Å². The van der Waals surface area contributed by atoms with Gasteiger partial charge in [-0.2, -0.15) is 0 Å². The second kappa shape index (κ2) is 8.67. The van der Waals surface area contributed by atoms with Crippen LogP contribution in [0.5, 0.6) is 0 Å². The first kappa shape index (κ1) is 20.2. The number of halogens is 2. The maximum atomic E-state index is 12.5. The SMILES string of the molecule is O=C(CCc1c(Cl)cccc1Cl)N1CCC(S(=O)(=O)Cc2ccco2)CC1. The van der Waals surface area contributed by atoms with E-state index in [1.54, 1.807) is 35.2 Å². The van der Waals surface area contributed by atoms with E-state index in [1.165, 1.54) is 6.26 Å². The smallest absolute Gasteiger partial charge is 0.222 e. The molecule has 2 heterocycles. The summed E-state index contributed by atoms with van der Waals surface area (Å²) in [5, 5.41) is 0.667. The molecule has 1 saturated heterocycles. The highest BCUT2D eigenvalue weighted by Crippen LogP contribution is 2.26. The molecule has 0 atom stereocenters. The number of nitrogens with zero attached hydrogens (tertiary/aromatic N) is 1. The molecule has 0 unspecified atom stereocenters. The van der Waals surface area contributed by atoms with E-state index in [2.05, 4.69) is 0 Å². The number of amides is 1. The zero-order valence-corrected chi connectivity index (χ0v) is 17.1.